The summed E-state index contributed by atoms with van der Waals surface area (Å²) >= 11 is 6.11. The minimum absolute atomic E-state index is 0.280. The minimum Gasteiger partial charge on any atom is -0.392 e. The van der Waals surface area contributed by atoms with Crippen molar-refractivity contribution < 1.29 is 9.50 Å². The molecule has 3 heteroatoms. The molecule has 1 nitrogen and oxygen atoms in total. The van der Waals surface area contributed by atoms with E-state index in [1.54, 1.807) is 6.07 Å². The Labute approximate surface area is 131 Å². The lowest BCUT2D eigenvalue weighted by Gasteiger charge is -2.40. The second-order valence-corrected chi connectivity index (χ2v) is 7.29. The standard InChI is InChI=1S/C18H24ClFO/c19-17-8-7-16(20)10-15(17)11-18(21)14-6-5-12-3-1-2-4-13(12)9-14/h7-8,10,12-14,18,21H,1-6,9,11H2. The van der Waals surface area contributed by atoms with Crippen LogP contribution in [0.4, 0.5) is 4.39 Å². The average molecular weight is 311 g/mol. The number of rotatable bonds is 3. The zero-order chi connectivity index (χ0) is 14.8. The van der Waals surface area contributed by atoms with Gasteiger partial charge in [0.05, 0.1) is 6.10 Å². The number of halogens is 2. The van der Waals surface area contributed by atoms with Gasteiger partial charge in [0, 0.05) is 11.4 Å². The summed E-state index contributed by atoms with van der Waals surface area (Å²) in [7, 11) is 0. The third-order valence-corrected chi connectivity index (χ3v) is 5.93. The van der Waals surface area contributed by atoms with Gasteiger partial charge in [-0.05, 0) is 60.8 Å². The summed E-state index contributed by atoms with van der Waals surface area (Å²) in [4.78, 5) is 0. The Bertz CT molecular complexity index is 490. The van der Waals surface area contributed by atoms with Crippen molar-refractivity contribution >= 4 is 11.6 Å². The number of aliphatic hydroxyl groups is 1. The van der Waals surface area contributed by atoms with Crippen molar-refractivity contribution in [3.63, 3.8) is 0 Å². The number of aliphatic hydroxyl groups excluding tert-OH is 1. The Morgan fingerprint density at radius 3 is 2.71 bits per heavy atom. The number of hydrogen-bond acceptors (Lipinski definition) is 1. The van der Waals surface area contributed by atoms with Crippen LogP contribution in [0.1, 0.15) is 50.5 Å². The first-order chi connectivity index (χ1) is 10.1. The number of benzene rings is 1. The monoisotopic (exact) mass is 310 g/mol. The molecular formula is C18H24ClFO. The first-order valence-electron chi connectivity index (χ1n) is 8.25. The van der Waals surface area contributed by atoms with Crippen LogP contribution < -0.4 is 0 Å². The fraction of sp³-hybridized carbons (Fsp3) is 0.667. The summed E-state index contributed by atoms with van der Waals surface area (Å²) in [5.41, 5.74) is 0.731. The maximum absolute atomic E-state index is 13.3. The molecule has 2 fully saturated rings. The molecule has 21 heavy (non-hydrogen) atoms. The maximum atomic E-state index is 13.3. The topological polar surface area (TPSA) is 20.2 Å². The van der Waals surface area contributed by atoms with Gasteiger partial charge in [0.1, 0.15) is 5.82 Å². The predicted octanol–water partition coefficient (Wildman–Crippen LogP) is 4.99. The Morgan fingerprint density at radius 1 is 1.14 bits per heavy atom. The van der Waals surface area contributed by atoms with E-state index in [1.165, 1.54) is 44.2 Å². The molecule has 0 heterocycles. The van der Waals surface area contributed by atoms with E-state index in [0.29, 0.717) is 17.4 Å². The SMILES string of the molecule is OC(Cc1cc(F)ccc1Cl)C1CCC2CCCCC2C1. The summed E-state index contributed by atoms with van der Waals surface area (Å²) in [5, 5.41) is 11.1. The van der Waals surface area contributed by atoms with Crippen LogP contribution in [0.5, 0.6) is 0 Å². The van der Waals surface area contributed by atoms with Crippen LogP contribution in [0, 0.1) is 23.6 Å². The van der Waals surface area contributed by atoms with Gasteiger partial charge in [-0.25, -0.2) is 4.39 Å². The molecule has 0 spiro atoms. The predicted molar refractivity (Wildman–Crippen MR) is 83.9 cm³/mol. The summed E-state index contributed by atoms with van der Waals surface area (Å²) in [6, 6.07) is 4.40. The second kappa shape index (κ2) is 6.66. The first kappa shape index (κ1) is 15.3. The second-order valence-electron chi connectivity index (χ2n) is 6.88. The Morgan fingerprint density at radius 2 is 1.90 bits per heavy atom. The van der Waals surface area contributed by atoms with Crippen molar-refractivity contribution in [1.82, 2.24) is 0 Å². The van der Waals surface area contributed by atoms with E-state index in [9.17, 15) is 9.50 Å². The third-order valence-electron chi connectivity index (χ3n) is 5.56. The molecule has 116 valence electrons. The molecule has 1 N–H and O–H groups in total. The van der Waals surface area contributed by atoms with E-state index in [1.807, 2.05) is 0 Å². The van der Waals surface area contributed by atoms with E-state index in [0.717, 1.165) is 30.2 Å². The molecular weight excluding hydrogens is 287 g/mol. The van der Waals surface area contributed by atoms with Gasteiger partial charge in [-0.2, -0.15) is 0 Å². The van der Waals surface area contributed by atoms with Gasteiger partial charge in [-0.15, -0.1) is 0 Å². The Kier molecular flexibility index (Phi) is 4.85. The van der Waals surface area contributed by atoms with Crippen molar-refractivity contribution in [1.29, 1.82) is 0 Å². The maximum Gasteiger partial charge on any atom is 0.123 e. The normalized spacial score (nSPS) is 30.7. The molecule has 2 saturated carbocycles. The Balaban J connectivity index is 1.62. The van der Waals surface area contributed by atoms with Gasteiger partial charge < -0.3 is 5.11 Å². The number of fused-ring (bicyclic) bond motifs is 1. The molecule has 4 unspecified atom stereocenters. The lowest BCUT2D eigenvalue weighted by Crippen LogP contribution is -2.34. The molecule has 2 aliphatic rings. The van der Waals surface area contributed by atoms with Crippen LogP contribution >= 0.6 is 11.6 Å². The van der Waals surface area contributed by atoms with Crippen LogP contribution in [-0.4, -0.2) is 11.2 Å². The summed E-state index contributed by atoms with van der Waals surface area (Å²) in [6.45, 7) is 0. The number of hydrogen-bond donors (Lipinski definition) is 1. The van der Waals surface area contributed by atoms with Crippen molar-refractivity contribution in [2.45, 2.75) is 57.5 Å². The molecule has 0 aromatic heterocycles. The highest BCUT2D eigenvalue weighted by Gasteiger charge is 2.34. The van der Waals surface area contributed by atoms with Crippen LogP contribution in [0.3, 0.4) is 0 Å². The Hall–Kier alpha value is -0.600. The molecule has 2 aliphatic carbocycles. The van der Waals surface area contributed by atoms with Crippen molar-refractivity contribution in [2.24, 2.45) is 17.8 Å². The van der Waals surface area contributed by atoms with E-state index in [4.69, 9.17) is 11.6 Å². The molecule has 0 bridgehead atoms. The van der Waals surface area contributed by atoms with Gasteiger partial charge in [-0.1, -0.05) is 37.3 Å². The van der Waals surface area contributed by atoms with Crippen LogP contribution in [0.15, 0.2) is 18.2 Å². The highest BCUT2D eigenvalue weighted by molar-refractivity contribution is 6.31. The quantitative estimate of drug-likeness (QED) is 0.834. The molecule has 1 aromatic rings. The van der Waals surface area contributed by atoms with Crippen molar-refractivity contribution in [2.75, 3.05) is 0 Å². The van der Waals surface area contributed by atoms with Crippen molar-refractivity contribution in [3.8, 4) is 0 Å². The molecule has 3 rings (SSSR count). The van der Waals surface area contributed by atoms with E-state index >= 15 is 0 Å². The molecule has 0 radical (unpaired) electrons. The summed E-state index contributed by atoms with van der Waals surface area (Å²) < 4.78 is 13.3. The summed E-state index contributed by atoms with van der Waals surface area (Å²) in [5.74, 6) is 1.76. The zero-order valence-corrected chi connectivity index (χ0v) is 13.2. The third kappa shape index (κ3) is 3.60. The van der Waals surface area contributed by atoms with E-state index < -0.39 is 6.10 Å². The fourth-order valence-electron chi connectivity index (χ4n) is 4.35. The molecule has 0 amide bonds. The minimum atomic E-state index is -0.396. The van der Waals surface area contributed by atoms with Crippen LogP contribution in [0.2, 0.25) is 5.02 Å². The molecule has 1 aromatic carbocycles. The lowest BCUT2D eigenvalue weighted by atomic mass is 9.66. The first-order valence-corrected chi connectivity index (χ1v) is 8.63. The van der Waals surface area contributed by atoms with Gasteiger partial charge in [0.2, 0.25) is 0 Å². The molecule has 4 atom stereocenters. The lowest BCUT2D eigenvalue weighted by molar-refractivity contribution is 0.0361. The van der Waals surface area contributed by atoms with Gasteiger partial charge in [0.15, 0.2) is 0 Å². The highest BCUT2D eigenvalue weighted by Crippen LogP contribution is 2.44. The smallest absolute Gasteiger partial charge is 0.123 e. The van der Waals surface area contributed by atoms with Crippen LogP contribution in [-0.2, 0) is 6.42 Å². The molecule has 0 aliphatic heterocycles. The molecule has 0 saturated heterocycles. The van der Waals surface area contributed by atoms with E-state index in [-0.39, 0.29) is 5.82 Å². The summed E-state index contributed by atoms with van der Waals surface area (Å²) in [6.07, 6.45) is 9.01. The van der Waals surface area contributed by atoms with Gasteiger partial charge in [0.25, 0.3) is 0 Å². The van der Waals surface area contributed by atoms with E-state index in [2.05, 4.69) is 0 Å². The average Bonchev–Trinajstić information content (AvgIpc) is 2.50. The van der Waals surface area contributed by atoms with Gasteiger partial charge in [-0.3, -0.25) is 0 Å². The fourth-order valence-corrected chi connectivity index (χ4v) is 4.55. The van der Waals surface area contributed by atoms with Gasteiger partial charge >= 0.3 is 0 Å². The van der Waals surface area contributed by atoms with Crippen molar-refractivity contribution in [3.05, 3.63) is 34.6 Å². The van der Waals surface area contributed by atoms with Crippen LogP contribution in [0.25, 0.3) is 0 Å². The zero-order valence-electron chi connectivity index (χ0n) is 12.4. The highest BCUT2D eigenvalue weighted by atomic mass is 35.5. The largest absolute Gasteiger partial charge is 0.392 e.